The molecule has 0 spiro atoms. The zero-order chi connectivity index (χ0) is 14.4. The lowest BCUT2D eigenvalue weighted by Crippen LogP contribution is -2.32. The van der Waals surface area contributed by atoms with Crippen molar-refractivity contribution in [1.82, 2.24) is 0 Å². The molecular weight excluding hydrogens is 244 g/mol. The van der Waals surface area contributed by atoms with Crippen LogP contribution in [0.2, 0.25) is 0 Å². The van der Waals surface area contributed by atoms with Gasteiger partial charge in [0.15, 0.2) is 5.78 Å². The normalized spacial score (nSPS) is 33.0. The molecule has 0 unspecified atom stereocenters. The van der Waals surface area contributed by atoms with Crippen LogP contribution in [-0.2, 0) is 11.2 Å². The number of hydrogen-bond donors (Lipinski definition) is 0. The molecule has 2 saturated carbocycles. The zero-order valence-electron chi connectivity index (χ0n) is 12.8. The molecule has 2 aliphatic carbocycles. The minimum atomic E-state index is -0.115. The van der Waals surface area contributed by atoms with Gasteiger partial charge in [0.25, 0.3) is 0 Å². The highest BCUT2D eigenvalue weighted by Crippen LogP contribution is 2.65. The number of aryl methyl sites for hydroxylation is 1. The average Bonchev–Trinajstić information content (AvgIpc) is 2.74. The largest absolute Gasteiger partial charge is 0.294 e. The van der Waals surface area contributed by atoms with Crippen molar-refractivity contribution in [2.75, 3.05) is 0 Å². The van der Waals surface area contributed by atoms with Gasteiger partial charge in [0.2, 0.25) is 0 Å². The molecule has 3 rings (SSSR count). The van der Waals surface area contributed by atoms with E-state index in [-0.39, 0.29) is 10.8 Å². The molecule has 0 N–H and O–H groups in total. The number of rotatable bonds is 3. The van der Waals surface area contributed by atoms with Crippen LogP contribution in [0.5, 0.6) is 0 Å². The van der Waals surface area contributed by atoms with Crippen molar-refractivity contribution in [2.24, 2.45) is 16.7 Å². The van der Waals surface area contributed by atoms with Crippen molar-refractivity contribution in [2.45, 2.75) is 46.5 Å². The smallest absolute Gasteiger partial charge is 0.165 e. The van der Waals surface area contributed by atoms with Crippen LogP contribution in [0.4, 0.5) is 0 Å². The summed E-state index contributed by atoms with van der Waals surface area (Å²) in [5, 5.41) is 0. The summed E-state index contributed by atoms with van der Waals surface area (Å²) >= 11 is 0. The van der Waals surface area contributed by atoms with Crippen LogP contribution >= 0.6 is 0 Å². The van der Waals surface area contributed by atoms with Crippen LogP contribution in [0.3, 0.4) is 0 Å². The maximum atomic E-state index is 12.7. The third-order valence-corrected chi connectivity index (χ3v) is 6.01. The first kappa shape index (κ1) is 13.6. The molecule has 1 heteroatoms. The molecular formula is C19H24O. The van der Waals surface area contributed by atoms with E-state index in [0.29, 0.717) is 11.7 Å². The van der Waals surface area contributed by atoms with Gasteiger partial charge in [0, 0.05) is 5.41 Å². The maximum Gasteiger partial charge on any atom is 0.165 e. The van der Waals surface area contributed by atoms with Crippen molar-refractivity contribution in [1.29, 1.82) is 0 Å². The minimum absolute atomic E-state index is 0.115. The Hall–Kier alpha value is -1.37. The number of benzene rings is 1. The summed E-state index contributed by atoms with van der Waals surface area (Å²) in [6.07, 6.45) is 6.49. The molecule has 2 fully saturated rings. The third-order valence-electron chi connectivity index (χ3n) is 6.01. The molecule has 0 radical (unpaired) electrons. The van der Waals surface area contributed by atoms with E-state index in [1.807, 2.05) is 6.07 Å². The lowest BCUT2D eigenvalue weighted by atomic mass is 9.70. The molecule has 0 heterocycles. The summed E-state index contributed by atoms with van der Waals surface area (Å²) in [5.41, 5.74) is 2.50. The van der Waals surface area contributed by atoms with Gasteiger partial charge in [-0.1, -0.05) is 57.2 Å². The number of fused-ring (bicyclic) bond motifs is 2. The SMILES string of the molecule is CC1(C)[C@@H]2CC[C@@]1(C)C(=O)/C2=C\CCc1ccccc1. The van der Waals surface area contributed by atoms with Gasteiger partial charge < -0.3 is 0 Å². The Balaban J connectivity index is 1.76. The summed E-state index contributed by atoms with van der Waals surface area (Å²) in [5.74, 6) is 0.905. The van der Waals surface area contributed by atoms with E-state index in [2.05, 4.69) is 51.1 Å². The molecule has 1 aromatic rings. The predicted octanol–water partition coefficient (Wildman–Crippen LogP) is 4.57. The molecule has 0 saturated heterocycles. The first-order valence-electron chi connectivity index (χ1n) is 7.75. The Bertz CT molecular complexity index is 552. The lowest BCUT2D eigenvalue weighted by Gasteiger charge is -2.31. The number of allylic oxidation sites excluding steroid dienone is 2. The van der Waals surface area contributed by atoms with E-state index in [1.54, 1.807) is 0 Å². The molecule has 2 bridgehead atoms. The second kappa shape index (κ2) is 4.58. The summed E-state index contributed by atoms with van der Waals surface area (Å²) in [7, 11) is 0. The number of ketones is 1. The summed E-state index contributed by atoms with van der Waals surface area (Å²) in [6.45, 7) is 6.73. The van der Waals surface area contributed by atoms with Crippen LogP contribution in [0.25, 0.3) is 0 Å². The van der Waals surface area contributed by atoms with Gasteiger partial charge >= 0.3 is 0 Å². The Morgan fingerprint density at radius 1 is 1.20 bits per heavy atom. The minimum Gasteiger partial charge on any atom is -0.294 e. The molecule has 106 valence electrons. The average molecular weight is 268 g/mol. The van der Waals surface area contributed by atoms with Gasteiger partial charge in [0.1, 0.15) is 0 Å². The van der Waals surface area contributed by atoms with E-state index >= 15 is 0 Å². The van der Waals surface area contributed by atoms with Gasteiger partial charge in [-0.05, 0) is 48.2 Å². The fourth-order valence-corrected chi connectivity index (χ4v) is 4.20. The highest BCUT2D eigenvalue weighted by molar-refractivity contribution is 6.04. The van der Waals surface area contributed by atoms with Crippen molar-refractivity contribution in [3.63, 3.8) is 0 Å². The van der Waals surface area contributed by atoms with Gasteiger partial charge in [0.05, 0.1) is 0 Å². The first-order chi connectivity index (χ1) is 9.47. The Morgan fingerprint density at radius 3 is 2.50 bits per heavy atom. The Labute approximate surface area is 122 Å². The van der Waals surface area contributed by atoms with E-state index in [4.69, 9.17) is 0 Å². The highest BCUT2D eigenvalue weighted by atomic mass is 16.1. The second-order valence-electron chi connectivity index (χ2n) is 7.16. The van der Waals surface area contributed by atoms with E-state index < -0.39 is 0 Å². The summed E-state index contributed by atoms with van der Waals surface area (Å²) in [4.78, 5) is 12.7. The van der Waals surface area contributed by atoms with E-state index in [1.165, 1.54) is 12.0 Å². The van der Waals surface area contributed by atoms with Crippen LogP contribution in [0, 0.1) is 16.7 Å². The van der Waals surface area contributed by atoms with Gasteiger partial charge in [-0.2, -0.15) is 0 Å². The fourth-order valence-electron chi connectivity index (χ4n) is 4.20. The van der Waals surface area contributed by atoms with Crippen LogP contribution in [-0.4, -0.2) is 5.78 Å². The predicted molar refractivity (Wildman–Crippen MR) is 82.5 cm³/mol. The molecule has 0 aromatic heterocycles. The van der Waals surface area contributed by atoms with Gasteiger partial charge in [-0.3, -0.25) is 4.79 Å². The van der Waals surface area contributed by atoms with Crippen molar-refractivity contribution < 1.29 is 4.79 Å². The van der Waals surface area contributed by atoms with Crippen molar-refractivity contribution >= 4 is 5.78 Å². The van der Waals surface area contributed by atoms with Crippen molar-refractivity contribution in [3.05, 3.63) is 47.5 Å². The van der Waals surface area contributed by atoms with Crippen LogP contribution in [0.1, 0.15) is 45.6 Å². The van der Waals surface area contributed by atoms with Crippen molar-refractivity contribution in [3.8, 4) is 0 Å². The summed E-state index contributed by atoms with van der Waals surface area (Å²) in [6, 6.07) is 10.5. The summed E-state index contributed by atoms with van der Waals surface area (Å²) < 4.78 is 0. The number of hydrogen-bond acceptors (Lipinski definition) is 1. The second-order valence-corrected chi connectivity index (χ2v) is 7.16. The fraction of sp³-hybridized carbons (Fsp3) is 0.526. The molecule has 20 heavy (non-hydrogen) atoms. The maximum absolute atomic E-state index is 12.7. The molecule has 0 amide bonds. The zero-order valence-corrected chi connectivity index (χ0v) is 12.8. The Kier molecular flexibility index (Phi) is 3.12. The molecule has 2 aliphatic rings. The highest BCUT2D eigenvalue weighted by Gasteiger charge is 2.63. The van der Waals surface area contributed by atoms with Gasteiger partial charge in [-0.15, -0.1) is 0 Å². The Morgan fingerprint density at radius 2 is 1.90 bits per heavy atom. The third kappa shape index (κ3) is 1.79. The first-order valence-corrected chi connectivity index (χ1v) is 7.75. The number of carbonyl (C=O) groups is 1. The van der Waals surface area contributed by atoms with E-state index in [0.717, 1.165) is 24.8 Å². The molecule has 1 nitrogen and oxygen atoms in total. The topological polar surface area (TPSA) is 17.1 Å². The monoisotopic (exact) mass is 268 g/mol. The molecule has 1 aromatic carbocycles. The standard InChI is InChI=1S/C19H24O/c1-18(2)16-12-13-19(18,3)17(20)15(16)11-7-10-14-8-5-4-6-9-14/h4-6,8-9,11,16H,7,10,12-13H2,1-3H3/b15-11-/t16-,19+/m1/s1. The van der Waals surface area contributed by atoms with Gasteiger partial charge in [-0.25, -0.2) is 0 Å². The number of carbonyl (C=O) groups excluding carboxylic acids is 1. The van der Waals surface area contributed by atoms with E-state index in [9.17, 15) is 4.79 Å². The van der Waals surface area contributed by atoms with Crippen LogP contribution < -0.4 is 0 Å². The lowest BCUT2D eigenvalue weighted by molar-refractivity contribution is -0.125. The molecule has 2 atom stereocenters. The number of Topliss-reactive ketones (excluding diaryl/α,β-unsaturated/α-hetero) is 1. The molecule has 0 aliphatic heterocycles. The van der Waals surface area contributed by atoms with Crippen LogP contribution in [0.15, 0.2) is 42.0 Å². The quantitative estimate of drug-likeness (QED) is 0.734.